The maximum atomic E-state index is 13.4. The highest BCUT2D eigenvalue weighted by molar-refractivity contribution is 5.76. The molecule has 0 aromatic carbocycles. The van der Waals surface area contributed by atoms with Crippen LogP contribution in [0.5, 0.6) is 0 Å². The first-order valence-electron chi connectivity index (χ1n) is 40.3. The molecule has 2 aliphatic rings. The molecule has 92 heavy (non-hydrogen) atoms. The van der Waals surface area contributed by atoms with E-state index in [0.29, 0.717) is 12.8 Å². The molecule has 0 radical (unpaired) electrons. The van der Waals surface area contributed by atoms with E-state index in [1.807, 2.05) is 0 Å². The van der Waals surface area contributed by atoms with E-state index in [9.17, 15) is 45.6 Å². The maximum Gasteiger partial charge on any atom is 0.220 e. The van der Waals surface area contributed by atoms with Gasteiger partial charge < -0.3 is 65.1 Å². The Morgan fingerprint density at radius 1 is 0.348 bits per heavy atom. The summed E-state index contributed by atoms with van der Waals surface area (Å²) in [5.74, 6) is -0.195. The van der Waals surface area contributed by atoms with Crippen LogP contribution >= 0.6 is 0 Å². The minimum absolute atomic E-state index is 0.195. The summed E-state index contributed by atoms with van der Waals surface area (Å²) in [5, 5.41) is 87.9. The van der Waals surface area contributed by atoms with E-state index in [2.05, 4.69) is 19.2 Å². The Bertz CT molecular complexity index is 1550. The molecule has 2 heterocycles. The molecule has 1 amide bonds. The van der Waals surface area contributed by atoms with Gasteiger partial charge in [0.15, 0.2) is 12.6 Å². The first kappa shape index (κ1) is 87.1. The van der Waals surface area contributed by atoms with Crippen LogP contribution in [-0.4, -0.2) is 140 Å². The fourth-order valence-corrected chi connectivity index (χ4v) is 14.0. The predicted octanol–water partition coefficient (Wildman–Crippen LogP) is 17.9. The molecule has 548 valence electrons. The molecule has 12 unspecified atom stereocenters. The van der Waals surface area contributed by atoms with Crippen molar-refractivity contribution >= 4 is 5.91 Å². The van der Waals surface area contributed by atoms with Gasteiger partial charge in [-0.1, -0.05) is 380 Å². The summed E-state index contributed by atoms with van der Waals surface area (Å²) in [6.45, 7) is 2.95. The highest BCUT2D eigenvalue weighted by atomic mass is 16.7. The van der Waals surface area contributed by atoms with E-state index in [1.165, 1.54) is 321 Å². The number of aliphatic hydroxyl groups excluding tert-OH is 8. The number of carbonyl (C=O) groups excluding carboxylic acids is 1. The molecule has 0 aliphatic carbocycles. The van der Waals surface area contributed by atoms with Gasteiger partial charge in [0.1, 0.15) is 48.8 Å². The molecule has 14 nitrogen and oxygen atoms in total. The number of nitrogens with one attached hydrogen (secondary N) is 1. The van der Waals surface area contributed by atoms with Crippen LogP contribution in [0.15, 0.2) is 0 Å². The zero-order valence-corrected chi connectivity index (χ0v) is 60.1. The van der Waals surface area contributed by atoms with Crippen LogP contribution in [0.4, 0.5) is 0 Å². The highest BCUT2D eigenvalue weighted by Gasteiger charge is 2.51. The van der Waals surface area contributed by atoms with Gasteiger partial charge in [0.2, 0.25) is 5.91 Å². The van der Waals surface area contributed by atoms with Gasteiger partial charge in [0.05, 0.1) is 32.0 Å². The van der Waals surface area contributed by atoms with Crippen molar-refractivity contribution < 1.29 is 64.6 Å². The number of aliphatic hydroxyl groups is 8. The zero-order valence-electron chi connectivity index (χ0n) is 60.1. The van der Waals surface area contributed by atoms with E-state index in [1.54, 1.807) is 0 Å². The summed E-state index contributed by atoms with van der Waals surface area (Å²) in [6, 6.07) is -0.825. The van der Waals surface area contributed by atoms with Crippen LogP contribution in [0.2, 0.25) is 0 Å². The molecule has 2 fully saturated rings. The largest absolute Gasteiger partial charge is 0.394 e. The van der Waals surface area contributed by atoms with Crippen LogP contribution < -0.4 is 5.32 Å². The molecule has 0 bridgehead atoms. The molecule has 0 saturated carbocycles. The lowest BCUT2D eigenvalue weighted by molar-refractivity contribution is -0.359. The minimum atomic E-state index is -1.78. The van der Waals surface area contributed by atoms with Crippen molar-refractivity contribution in [3.63, 3.8) is 0 Å². The summed E-state index contributed by atoms with van der Waals surface area (Å²) in [6.07, 6.45) is 61.5. The summed E-state index contributed by atoms with van der Waals surface area (Å²) in [4.78, 5) is 13.4. The summed E-state index contributed by atoms with van der Waals surface area (Å²) >= 11 is 0. The molecule has 0 aromatic rings. The molecular weight excluding hydrogens is 1160 g/mol. The standard InChI is InChI=1S/C78H153NO13/c1-3-5-7-9-11-13-15-17-19-21-23-25-27-29-31-32-33-34-35-36-37-39-41-43-45-47-49-51-53-55-57-59-61-67(82)66(65-89-77-75(88)73(86)76(69(64-81)91-77)92-78-74(87)72(85)71(84)68(63-80)90-78)79-70(83)62-60-58-56-54-52-50-48-46-44-42-40-38-30-28-26-24-22-20-18-16-14-12-10-8-6-4-2/h66-69,71-78,80-82,84-88H,3-65H2,1-2H3,(H,79,83). The fraction of sp³-hybridized carbons (Fsp3) is 0.987. The van der Waals surface area contributed by atoms with Crippen molar-refractivity contribution in [2.75, 3.05) is 19.8 Å². The van der Waals surface area contributed by atoms with Crippen molar-refractivity contribution in [2.45, 2.75) is 473 Å². The lowest BCUT2D eigenvalue weighted by atomic mass is 9.97. The smallest absolute Gasteiger partial charge is 0.220 e. The van der Waals surface area contributed by atoms with Crippen LogP contribution in [0, 0.1) is 0 Å². The monoisotopic (exact) mass is 1310 g/mol. The van der Waals surface area contributed by atoms with Gasteiger partial charge in [-0.05, 0) is 12.8 Å². The third-order valence-electron chi connectivity index (χ3n) is 20.3. The maximum absolute atomic E-state index is 13.4. The lowest BCUT2D eigenvalue weighted by Crippen LogP contribution is -2.65. The van der Waals surface area contributed by atoms with E-state index >= 15 is 0 Å². The third kappa shape index (κ3) is 46.3. The van der Waals surface area contributed by atoms with Gasteiger partial charge in [-0.3, -0.25) is 4.79 Å². The van der Waals surface area contributed by atoms with Crippen molar-refractivity contribution in [3.8, 4) is 0 Å². The van der Waals surface area contributed by atoms with E-state index in [-0.39, 0.29) is 12.5 Å². The molecule has 9 N–H and O–H groups in total. The lowest BCUT2D eigenvalue weighted by Gasteiger charge is -2.46. The molecular formula is C78H153NO13. The first-order valence-corrected chi connectivity index (χ1v) is 40.3. The zero-order chi connectivity index (χ0) is 66.6. The van der Waals surface area contributed by atoms with Gasteiger partial charge in [-0.25, -0.2) is 0 Å². The average molecular weight is 1310 g/mol. The minimum Gasteiger partial charge on any atom is -0.394 e. The van der Waals surface area contributed by atoms with Crippen molar-refractivity contribution in [2.24, 2.45) is 0 Å². The van der Waals surface area contributed by atoms with E-state index in [0.717, 1.165) is 51.4 Å². The molecule has 0 spiro atoms. The Balaban J connectivity index is 1.60. The molecule has 2 aliphatic heterocycles. The SMILES string of the molecule is CCCCCCCCCCCCCCCCCCCCCCCCCCCCCCCCCCC(O)C(COC1OC(CO)C(OC2OC(CO)C(O)C(O)C2O)C(O)C1O)NC(=O)CCCCCCCCCCCCCCCCCCCCCCCCCCCC. The van der Waals surface area contributed by atoms with Crippen molar-refractivity contribution in [3.05, 3.63) is 0 Å². The number of amides is 1. The van der Waals surface area contributed by atoms with Gasteiger partial charge in [-0.2, -0.15) is 0 Å². The van der Waals surface area contributed by atoms with Crippen molar-refractivity contribution in [1.29, 1.82) is 0 Å². The summed E-state index contributed by atoms with van der Waals surface area (Å²) in [7, 11) is 0. The van der Waals surface area contributed by atoms with Crippen LogP contribution in [-0.2, 0) is 23.7 Å². The molecule has 14 heteroatoms. The number of carbonyl (C=O) groups is 1. The Morgan fingerprint density at radius 3 is 0.924 bits per heavy atom. The molecule has 12 atom stereocenters. The predicted molar refractivity (Wildman–Crippen MR) is 379 cm³/mol. The molecule has 2 rings (SSSR count). The number of hydrogen-bond acceptors (Lipinski definition) is 13. The van der Waals surface area contributed by atoms with Gasteiger partial charge in [-0.15, -0.1) is 0 Å². The summed E-state index contributed by atoms with van der Waals surface area (Å²) < 4.78 is 23.0. The quantitative estimate of drug-likeness (QED) is 0.0259. The van der Waals surface area contributed by atoms with Crippen molar-refractivity contribution in [1.82, 2.24) is 5.32 Å². The van der Waals surface area contributed by atoms with E-state index < -0.39 is 86.8 Å². The molecule has 2 saturated heterocycles. The van der Waals surface area contributed by atoms with E-state index in [4.69, 9.17) is 18.9 Å². The van der Waals surface area contributed by atoms with Crippen LogP contribution in [0.25, 0.3) is 0 Å². The number of rotatable bonds is 69. The van der Waals surface area contributed by atoms with Crippen LogP contribution in [0.1, 0.15) is 399 Å². The molecule has 0 aromatic heterocycles. The Kier molecular flexibility index (Phi) is 60.0. The second kappa shape index (κ2) is 63.4. The Hall–Kier alpha value is -1.01. The van der Waals surface area contributed by atoms with Gasteiger partial charge in [0.25, 0.3) is 0 Å². The third-order valence-corrected chi connectivity index (χ3v) is 20.3. The average Bonchev–Trinajstić information content (AvgIpc) is 0.846. The van der Waals surface area contributed by atoms with Gasteiger partial charge >= 0.3 is 0 Å². The summed E-state index contributed by atoms with van der Waals surface area (Å²) in [5.41, 5.74) is 0. The second-order valence-electron chi connectivity index (χ2n) is 28.9. The highest BCUT2D eigenvalue weighted by Crippen LogP contribution is 2.31. The normalized spacial score (nSPS) is 22.5. The number of hydrogen-bond donors (Lipinski definition) is 9. The number of ether oxygens (including phenoxy) is 4. The van der Waals surface area contributed by atoms with Gasteiger partial charge in [0, 0.05) is 6.42 Å². The fourth-order valence-electron chi connectivity index (χ4n) is 14.0. The Labute approximate surface area is 565 Å². The topological polar surface area (TPSA) is 228 Å². The van der Waals surface area contributed by atoms with Crippen LogP contribution in [0.3, 0.4) is 0 Å². The Morgan fingerprint density at radius 2 is 0.620 bits per heavy atom. The second-order valence-corrected chi connectivity index (χ2v) is 28.9. The first-order chi connectivity index (χ1) is 45.1. The number of unbranched alkanes of at least 4 members (excludes halogenated alkanes) is 56.